The van der Waals surface area contributed by atoms with Crippen LogP contribution in [0.1, 0.15) is 0 Å². The van der Waals surface area contributed by atoms with Crippen LogP contribution in [-0.2, 0) is 0 Å². The number of rotatable bonds is 2. The summed E-state index contributed by atoms with van der Waals surface area (Å²) in [5.74, 6) is -0.296. The molecule has 0 aliphatic heterocycles. The second-order valence-electron chi connectivity index (χ2n) is 2.26. The number of hydrogen-bond acceptors (Lipinski definition) is 2. The summed E-state index contributed by atoms with van der Waals surface area (Å²) in [4.78, 5) is 11.5. The van der Waals surface area contributed by atoms with E-state index in [1.54, 1.807) is 63.4 Å². The van der Waals surface area contributed by atoms with Gasteiger partial charge in [-0.1, -0.05) is 6.07 Å². The second kappa shape index (κ2) is 5.24. The van der Waals surface area contributed by atoms with E-state index in [4.69, 9.17) is 0 Å². The molecule has 14 heavy (non-hydrogen) atoms. The van der Waals surface area contributed by atoms with Crippen LogP contribution in [0.15, 0.2) is 23.0 Å². The van der Waals surface area contributed by atoms with Crippen molar-refractivity contribution in [2.45, 2.75) is 0 Å². The third-order valence-electron chi connectivity index (χ3n) is 1.33. The summed E-state index contributed by atoms with van der Waals surface area (Å²) in [6.45, 7) is 0. The lowest BCUT2D eigenvalue weighted by Gasteiger charge is -2.00. The van der Waals surface area contributed by atoms with Crippen molar-refractivity contribution in [3.05, 3.63) is 35.6 Å². The third kappa shape index (κ3) is 3.04. The van der Waals surface area contributed by atoms with E-state index in [0.29, 0.717) is 7.14 Å². The lowest BCUT2D eigenvalue weighted by atomic mass is 10.3. The molecule has 0 aliphatic rings. The SMILES string of the molecule is O=c1c(I)cccc(I)c1OB(F)F. The van der Waals surface area contributed by atoms with Gasteiger partial charge < -0.3 is 4.65 Å². The van der Waals surface area contributed by atoms with Gasteiger partial charge in [-0.25, -0.2) is 8.63 Å². The first-order valence-corrected chi connectivity index (χ1v) is 5.61. The topological polar surface area (TPSA) is 26.3 Å². The van der Waals surface area contributed by atoms with Crippen LogP contribution < -0.4 is 10.1 Å². The fraction of sp³-hybridized carbons (Fsp3) is 0. The minimum atomic E-state index is -2.98. The van der Waals surface area contributed by atoms with Gasteiger partial charge in [0.05, 0.1) is 7.14 Å². The van der Waals surface area contributed by atoms with E-state index in [2.05, 4.69) is 4.65 Å². The zero-order valence-electron chi connectivity index (χ0n) is 6.64. The van der Waals surface area contributed by atoms with Crippen LogP contribution in [0.3, 0.4) is 0 Å². The molecule has 0 unspecified atom stereocenters. The van der Waals surface area contributed by atoms with Gasteiger partial charge in [-0.05, 0) is 57.3 Å². The predicted octanol–water partition coefficient (Wildman–Crippen LogP) is 2.56. The van der Waals surface area contributed by atoms with Crippen molar-refractivity contribution in [2.75, 3.05) is 0 Å². The highest BCUT2D eigenvalue weighted by Crippen LogP contribution is 2.17. The van der Waals surface area contributed by atoms with Crippen molar-refractivity contribution >= 4 is 52.7 Å². The molecule has 0 aliphatic carbocycles. The van der Waals surface area contributed by atoms with Crippen molar-refractivity contribution in [1.29, 1.82) is 0 Å². The van der Waals surface area contributed by atoms with Crippen molar-refractivity contribution in [3.8, 4) is 5.75 Å². The highest BCUT2D eigenvalue weighted by atomic mass is 127. The summed E-state index contributed by atoms with van der Waals surface area (Å²) in [5.41, 5.74) is -0.514. The van der Waals surface area contributed by atoms with Gasteiger partial charge in [0, 0.05) is 0 Å². The van der Waals surface area contributed by atoms with Crippen molar-refractivity contribution in [3.63, 3.8) is 0 Å². The molecule has 0 heterocycles. The van der Waals surface area contributed by atoms with E-state index in [-0.39, 0.29) is 5.75 Å². The normalized spacial score (nSPS) is 9.71. The molecule has 0 radical (unpaired) electrons. The molecule has 1 aromatic carbocycles. The van der Waals surface area contributed by atoms with Crippen LogP contribution in [-0.4, -0.2) is 7.47 Å². The summed E-state index contributed by atoms with van der Waals surface area (Å²) in [7, 11) is -2.98. The lowest BCUT2D eigenvalue weighted by molar-refractivity contribution is 0.421. The lowest BCUT2D eigenvalue weighted by Crippen LogP contribution is -2.16. The Labute approximate surface area is 107 Å². The van der Waals surface area contributed by atoms with Crippen LogP contribution in [0.5, 0.6) is 5.75 Å². The molecule has 0 amide bonds. The van der Waals surface area contributed by atoms with Gasteiger partial charge in [-0.2, -0.15) is 0 Å². The summed E-state index contributed by atoms with van der Waals surface area (Å²) >= 11 is 3.56. The second-order valence-corrected chi connectivity index (χ2v) is 4.58. The molecule has 74 valence electrons. The van der Waals surface area contributed by atoms with Crippen LogP contribution in [0, 0.1) is 7.14 Å². The first kappa shape index (κ1) is 12.1. The largest absolute Gasteiger partial charge is 0.796 e. The Hall–Kier alpha value is 0.0749. The summed E-state index contributed by atoms with van der Waals surface area (Å²) in [6.07, 6.45) is 0. The quantitative estimate of drug-likeness (QED) is 0.542. The maximum Gasteiger partial charge on any atom is 0.796 e. The molecular weight excluding hydrogens is 419 g/mol. The van der Waals surface area contributed by atoms with Crippen LogP contribution in [0.4, 0.5) is 8.63 Å². The molecule has 0 atom stereocenters. The minimum absolute atomic E-state index is 0.296. The molecule has 7 heteroatoms. The average Bonchev–Trinajstić information content (AvgIpc) is 2.20. The molecule has 0 saturated heterocycles. The van der Waals surface area contributed by atoms with E-state index >= 15 is 0 Å². The van der Waals surface area contributed by atoms with Gasteiger partial charge in [0.25, 0.3) is 0 Å². The fourth-order valence-electron chi connectivity index (χ4n) is 0.784. The molecule has 0 bridgehead atoms. The zero-order chi connectivity index (χ0) is 10.7. The fourth-order valence-corrected chi connectivity index (χ4v) is 1.82. The van der Waals surface area contributed by atoms with E-state index in [9.17, 15) is 13.4 Å². The molecule has 0 N–H and O–H groups in total. The Morgan fingerprint density at radius 1 is 1.21 bits per heavy atom. The number of halogens is 4. The van der Waals surface area contributed by atoms with Gasteiger partial charge in [0.15, 0.2) is 5.75 Å². The van der Waals surface area contributed by atoms with Crippen LogP contribution >= 0.6 is 45.2 Å². The Morgan fingerprint density at radius 2 is 1.79 bits per heavy atom. The molecule has 0 spiro atoms. The molecule has 1 aromatic rings. The molecule has 0 fully saturated rings. The first-order chi connectivity index (χ1) is 6.52. The monoisotopic (exact) mass is 422 g/mol. The van der Waals surface area contributed by atoms with Gasteiger partial charge in [-0.15, -0.1) is 0 Å². The van der Waals surface area contributed by atoms with Gasteiger partial charge in [0.1, 0.15) is 0 Å². The Bertz CT molecular complexity index is 400. The smallest absolute Gasteiger partial charge is 0.501 e. The van der Waals surface area contributed by atoms with Crippen LogP contribution in [0.2, 0.25) is 0 Å². The Morgan fingerprint density at radius 3 is 2.36 bits per heavy atom. The first-order valence-electron chi connectivity index (χ1n) is 3.45. The molecular formula is C7H3BF2I2O2. The van der Waals surface area contributed by atoms with E-state index < -0.39 is 12.9 Å². The highest BCUT2D eigenvalue weighted by Gasteiger charge is 2.21. The minimum Gasteiger partial charge on any atom is -0.501 e. The standard InChI is InChI=1S/C7H3BF2I2O2/c9-8(10)14-7-5(12)3-1-2-4(11)6(7)13/h1-3H. The molecule has 1 rings (SSSR count). The predicted molar refractivity (Wildman–Crippen MR) is 66.7 cm³/mol. The Kier molecular flexibility index (Phi) is 4.55. The van der Waals surface area contributed by atoms with Gasteiger partial charge in [0.2, 0.25) is 5.43 Å². The Balaban J connectivity index is 3.34. The highest BCUT2D eigenvalue weighted by molar-refractivity contribution is 14.1. The van der Waals surface area contributed by atoms with E-state index in [0.717, 1.165) is 0 Å². The van der Waals surface area contributed by atoms with Gasteiger partial charge in [-0.3, -0.25) is 4.79 Å². The summed E-state index contributed by atoms with van der Waals surface area (Å²) in [5, 5.41) is 0. The molecule has 2 nitrogen and oxygen atoms in total. The zero-order valence-corrected chi connectivity index (χ0v) is 11.0. The van der Waals surface area contributed by atoms with Crippen LogP contribution in [0.25, 0.3) is 0 Å². The van der Waals surface area contributed by atoms with Gasteiger partial charge >= 0.3 is 7.47 Å². The third-order valence-corrected chi connectivity index (χ3v) is 3.03. The van der Waals surface area contributed by atoms with Crippen molar-refractivity contribution in [2.24, 2.45) is 0 Å². The number of hydrogen-bond donors (Lipinski definition) is 0. The summed E-state index contributed by atoms with van der Waals surface area (Å²) in [6, 6.07) is 4.70. The average molecular weight is 422 g/mol. The summed E-state index contributed by atoms with van der Waals surface area (Å²) < 4.78 is 28.8. The van der Waals surface area contributed by atoms with Crippen molar-refractivity contribution in [1.82, 2.24) is 0 Å². The van der Waals surface area contributed by atoms with E-state index in [1.165, 1.54) is 0 Å². The maximum atomic E-state index is 12.0. The van der Waals surface area contributed by atoms with E-state index in [1.807, 2.05) is 0 Å². The molecule has 0 saturated carbocycles. The maximum absolute atomic E-state index is 12.0. The van der Waals surface area contributed by atoms with Crippen molar-refractivity contribution < 1.29 is 13.3 Å². The molecule has 0 aromatic heterocycles.